The molecule has 200 valence electrons. The van der Waals surface area contributed by atoms with Crippen LogP contribution >= 0.6 is 0 Å². The van der Waals surface area contributed by atoms with Crippen LogP contribution in [0.1, 0.15) is 15.9 Å². The van der Waals surface area contributed by atoms with Gasteiger partial charge in [0.2, 0.25) is 5.95 Å². The number of benzene rings is 2. The van der Waals surface area contributed by atoms with Crippen molar-refractivity contribution in [3.63, 3.8) is 0 Å². The van der Waals surface area contributed by atoms with Crippen LogP contribution in [-0.4, -0.2) is 61.7 Å². The molecule has 3 aromatic heterocycles. The Hall–Kier alpha value is -4.89. The molecule has 0 radical (unpaired) electrons. The molecule has 1 aliphatic heterocycles. The Morgan fingerprint density at radius 1 is 0.925 bits per heavy atom. The molecule has 0 bridgehead atoms. The number of nitrogens with zero attached hydrogens (tertiary/aromatic N) is 6. The van der Waals surface area contributed by atoms with Crippen molar-refractivity contribution in [2.45, 2.75) is 13.0 Å². The van der Waals surface area contributed by atoms with E-state index in [1.54, 1.807) is 12.4 Å². The third-order valence-electron chi connectivity index (χ3n) is 6.89. The summed E-state index contributed by atoms with van der Waals surface area (Å²) >= 11 is 0. The van der Waals surface area contributed by atoms with Gasteiger partial charge in [0, 0.05) is 79.9 Å². The number of anilines is 2. The predicted molar refractivity (Wildman–Crippen MR) is 155 cm³/mol. The van der Waals surface area contributed by atoms with E-state index in [0.29, 0.717) is 11.5 Å². The first kappa shape index (κ1) is 25.4. The molecule has 9 nitrogen and oxygen atoms in total. The molecule has 2 aromatic carbocycles. The Morgan fingerprint density at radius 3 is 2.52 bits per heavy atom. The van der Waals surface area contributed by atoms with Gasteiger partial charge in [0.1, 0.15) is 5.69 Å². The van der Waals surface area contributed by atoms with Gasteiger partial charge in [-0.2, -0.15) is 5.10 Å². The van der Waals surface area contributed by atoms with Crippen LogP contribution < -0.4 is 10.6 Å². The van der Waals surface area contributed by atoms with Gasteiger partial charge in [-0.1, -0.05) is 30.3 Å². The van der Waals surface area contributed by atoms with Crippen molar-refractivity contribution >= 4 is 17.5 Å². The minimum atomic E-state index is 0.0542. The van der Waals surface area contributed by atoms with Crippen LogP contribution in [0.3, 0.4) is 0 Å². The van der Waals surface area contributed by atoms with Gasteiger partial charge in [0.25, 0.3) is 5.91 Å². The number of piperazine rings is 1. The maximum absolute atomic E-state index is 12.8. The molecule has 0 unspecified atom stereocenters. The molecular weight excluding hydrogens is 500 g/mol. The highest BCUT2D eigenvalue weighted by atomic mass is 16.2. The van der Waals surface area contributed by atoms with Gasteiger partial charge in [-0.3, -0.25) is 14.5 Å². The van der Waals surface area contributed by atoms with Gasteiger partial charge in [0.05, 0.1) is 5.69 Å². The Morgan fingerprint density at radius 2 is 1.75 bits per heavy atom. The average Bonchev–Trinajstić information content (AvgIpc) is 3.46. The molecule has 1 saturated heterocycles. The third kappa shape index (κ3) is 5.89. The molecule has 0 atom stereocenters. The van der Waals surface area contributed by atoms with Gasteiger partial charge in [-0.05, 0) is 54.4 Å². The first-order valence-electron chi connectivity index (χ1n) is 13.5. The van der Waals surface area contributed by atoms with Crippen molar-refractivity contribution in [3.8, 4) is 22.5 Å². The molecular formula is C31H30N8O. The lowest BCUT2D eigenvalue weighted by Crippen LogP contribution is -2.46. The van der Waals surface area contributed by atoms with Gasteiger partial charge in [-0.25, -0.2) is 9.97 Å². The van der Waals surface area contributed by atoms with Crippen molar-refractivity contribution in [1.29, 1.82) is 0 Å². The molecule has 5 aromatic rings. The van der Waals surface area contributed by atoms with E-state index in [1.807, 2.05) is 70.5 Å². The van der Waals surface area contributed by atoms with Crippen molar-refractivity contribution in [1.82, 2.24) is 34.9 Å². The zero-order valence-corrected chi connectivity index (χ0v) is 22.1. The van der Waals surface area contributed by atoms with Crippen LogP contribution in [0.4, 0.5) is 11.6 Å². The standard InChI is InChI=1S/C31H30N8O/c40-30(38-19-16-32-17-20-38)24-8-10-26(11-9-24)35-31-34-15-12-28(36-31)27-22-39(18-13-23-5-2-1-3-6-23)37-29(27)25-7-4-14-33-21-25/h1-12,14-15,21-22,32H,13,16-20H2,(H,34,35,36). The van der Waals surface area contributed by atoms with Crippen LogP contribution in [0.5, 0.6) is 0 Å². The lowest BCUT2D eigenvalue weighted by molar-refractivity contribution is 0.0736. The van der Waals surface area contributed by atoms with Gasteiger partial charge in [0.15, 0.2) is 0 Å². The van der Waals surface area contributed by atoms with Crippen molar-refractivity contribution in [3.05, 3.63) is 109 Å². The summed E-state index contributed by atoms with van der Waals surface area (Å²) in [6.45, 7) is 3.85. The summed E-state index contributed by atoms with van der Waals surface area (Å²) in [6.07, 6.45) is 8.22. The maximum Gasteiger partial charge on any atom is 0.253 e. The SMILES string of the molecule is O=C(c1ccc(Nc2nccc(-c3cn(CCc4ccccc4)nc3-c3cccnc3)n2)cc1)N1CCNCC1. The number of carbonyl (C=O) groups excluding carboxylic acids is 1. The fourth-order valence-corrected chi connectivity index (χ4v) is 4.77. The first-order chi connectivity index (χ1) is 19.7. The van der Waals surface area contributed by atoms with Gasteiger partial charge < -0.3 is 15.5 Å². The number of hydrogen-bond acceptors (Lipinski definition) is 7. The molecule has 9 heteroatoms. The minimum Gasteiger partial charge on any atom is -0.336 e. The van der Waals surface area contributed by atoms with Crippen LogP contribution in [-0.2, 0) is 13.0 Å². The zero-order valence-electron chi connectivity index (χ0n) is 22.1. The lowest BCUT2D eigenvalue weighted by atomic mass is 10.1. The molecule has 40 heavy (non-hydrogen) atoms. The highest BCUT2D eigenvalue weighted by Crippen LogP contribution is 2.30. The summed E-state index contributed by atoms with van der Waals surface area (Å²) in [5, 5.41) is 11.5. The summed E-state index contributed by atoms with van der Waals surface area (Å²) in [4.78, 5) is 28.2. The Balaban J connectivity index is 1.22. The molecule has 6 rings (SSSR count). The number of aromatic nitrogens is 5. The second-order valence-electron chi connectivity index (χ2n) is 9.64. The predicted octanol–water partition coefficient (Wildman–Crippen LogP) is 4.43. The molecule has 0 aliphatic carbocycles. The number of carbonyl (C=O) groups is 1. The topological polar surface area (TPSA) is 101 Å². The van der Waals surface area contributed by atoms with E-state index in [1.165, 1.54) is 5.56 Å². The van der Waals surface area contributed by atoms with E-state index in [2.05, 4.69) is 44.9 Å². The Labute approximate surface area is 232 Å². The van der Waals surface area contributed by atoms with Crippen LogP contribution in [0, 0.1) is 0 Å². The average molecular weight is 531 g/mol. The molecule has 0 spiro atoms. The quantitative estimate of drug-likeness (QED) is 0.306. The van der Waals surface area contributed by atoms with E-state index in [9.17, 15) is 4.79 Å². The van der Waals surface area contributed by atoms with Crippen LogP contribution in [0.15, 0.2) is 97.6 Å². The lowest BCUT2D eigenvalue weighted by Gasteiger charge is -2.27. The van der Waals surface area contributed by atoms with E-state index in [-0.39, 0.29) is 5.91 Å². The van der Waals surface area contributed by atoms with Crippen LogP contribution in [0.25, 0.3) is 22.5 Å². The van der Waals surface area contributed by atoms with Crippen molar-refractivity contribution in [2.75, 3.05) is 31.5 Å². The summed E-state index contributed by atoms with van der Waals surface area (Å²) in [5.41, 5.74) is 6.15. The summed E-state index contributed by atoms with van der Waals surface area (Å²) in [5.74, 6) is 0.520. The molecule has 1 amide bonds. The number of pyridine rings is 1. The molecule has 1 aliphatic rings. The zero-order chi connectivity index (χ0) is 27.1. The van der Waals surface area contributed by atoms with E-state index >= 15 is 0 Å². The summed E-state index contributed by atoms with van der Waals surface area (Å²) < 4.78 is 1.97. The van der Waals surface area contributed by atoms with E-state index in [4.69, 9.17) is 10.1 Å². The fourth-order valence-electron chi connectivity index (χ4n) is 4.77. The highest BCUT2D eigenvalue weighted by molar-refractivity contribution is 5.94. The minimum absolute atomic E-state index is 0.0542. The van der Waals surface area contributed by atoms with Gasteiger partial charge >= 0.3 is 0 Å². The number of hydrogen-bond donors (Lipinski definition) is 2. The second-order valence-corrected chi connectivity index (χ2v) is 9.64. The number of rotatable bonds is 8. The van der Waals surface area contributed by atoms with Crippen molar-refractivity contribution < 1.29 is 4.79 Å². The second kappa shape index (κ2) is 11.9. The number of amides is 1. The monoisotopic (exact) mass is 530 g/mol. The Bertz CT molecular complexity index is 1560. The van der Waals surface area contributed by atoms with Gasteiger partial charge in [-0.15, -0.1) is 0 Å². The largest absolute Gasteiger partial charge is 0.336 e. The Kier molecular flexibility index (Phi) is 7.54. The fraction of sp³-hybridized carbons (Fsp3) is 0.194. The third-order valence-corrected chi connectivity index (χ3v) is 6.89. The molecule has 1 fully saturated rings. The van der Waals surface area contributed by atoms with Crippen LogP contribution in [0.2, 0.25) is 0 Å². The normalized spacial score (nSPS) is 13.2. The molecule has 4 heterocycles. The number of nitrogens with one attached hydrogen (secondary N) is 2. The first-order valence-corrected chi connectivity index (χ1v) is 13.5. The molecule has 2 N–H and O–H groups in total. The van der Waals surface area contributed by atoms with Crippen molar-refractivity contribution in [2.24, 2.45) is 0 Å². The summed E-state index contributed by atoms with van der Waals surface area (Å²) in [6, 6.07) is 23.6. The van der Waals surface area contributed by atoms with E-state index in [0.717, 1.165) is 67.3 Å². The smallest absolute Gasteiger partial charge is 0.253 e. The summed E-state index contributed by atoms with van der Waals surface area (Å²) in [7, 11) is 0. The molecule has 0 saturated carbocycles. The number of aryl methyl sites for hydroxylation is 2. The highest BCUT2D eigenvalue weighted by Gasteiger charge is 2.18. The maximum atomic E-state index is 12.8. The van der Waals surface area contributed by atoms with E-state index < -0.39 is 0 Å².